The molecule has 2 N–H and O–H groups in total. The summed E-state index contributed by atoms with van der Waals surface area (Å²) in [6, 6.07) is 10.0. The van der Waals surface area contributed by atoms with Crippen LogP contribution in [0.5, 0.6) is 0 Å². The van der Waals surface area contributed by atoms with E-state index >= 15 is 0 Å². The van der Waals surface area contributed by atoms with Crippen LogP contribution in [0.15, 0.2) is 36.4 Å². The summed E-state index contributed by atoms with van der Waals surface area (Å²) in [5, 5.41) is 12.6. The minimum atomic E-state index is -0.444. The van der Waals surface area contributed by atoms with Crippen LogP contribution < -0.4 is 5.32 Å². The van der Waals surface area contributed by atoms with Crippen molar-refractivity contribution in [1.82, 2.24) is 5.32 Å². The first-order chi connectivity index (χ1) is 6.74. The highest BCUT2D eigenvalue weighted by Gasteiger charge is 2.06. The third-order valence-corrected chi connectivity index (χ3v) is 2.25. The number of hydrogen-bond acceptors (Lipinski definition) is 2. The fraction of sp³-hybridized carbons (Fsp3) is 0.333. The summed E-state index contributed by atoms with van der Waals surface area (Å²) in [6.45, 7) is 1.94. The highest BCUT2D eigenvalue weighted by molar-refractivity contribution is 5.49. The van der Waals surface area contributed by atoms with Crippen LogP contribution in [0.25, 0.3) is 6.08 Å². The molecule has 0 spiro atoms. The van der Waals surface area contributed by atoms with E-state index in [0.717, 1.165) is 5.56 Å². The summed E-state index contributed by atoms with van der Waals surface area (Å²) < 4.78 is 0. The number of rotatable bonds is 4. The van der Waals surface area contributed by atoms with Crippen LogP contribution in [0.3, 0.4) is 0 Å². The Morgan fingerprint density at radius 1 is 1.29 bits per heavy atom. The van der Waals surface area contributed by atoms with Crippen LogP contribution in [0.4, 0.5) is 0 Å². The minimum absolute atomic E-state index is 0.0787. The van der Waals surface area contributed by atoms with E-state index in [0.29, 0.717) is 0 Å². The second kappa shape index (κ2) is 5.58. The molecule has 2 atom stereocenters. The molecule has 2 nitrogen and oxygen atoms in total. The molecular weight excluding hydrogens is 174 g/mol. The van der Waals surface area contributed by atoms with Crippen molar-refractivity contribution in [2.24, 2.45) is 0 Å². The van der Waals surface area contributed by atoms with Crippen LogP contribution >= 0.6 is 0 Å². The zero-order chi connectivity index (χ0) is 10.4. The molecule has 0 saturated carbocycles. The molecule has 1 aromatic rings. The Bertz CT molecular complexity index is 282. The molecule has 76 valence electrons. The second-order valence-corrected chi connectivity index (χ2v) is 3.34. The maximum Gasteiger partial charge on any atom is 0.0874 e. The molecule has 0 aliphatic carbocycles. The Hall–Kier alpha value is -1.12. The Balaban J connectivity index is 2.56. The normalized spacial score (nSPS) is 15.6. The van der Waals surface area contributed by atoms with Crippen LogP contribution in [-0.4, -0.2) is 24.3 Å². The molecule has 0 heterocycles. The second-order valence-electron chi connectivity index (χ2n) is 3.34. The van der Waals surface area contributed by atoms with E-state index in [2.05, 4.69) is 5.32 Å². The zero-order valence-corrected chi connectivity index (χ0v) is 8.64. The van der Waals surface area contributed by atoms with Crippen LogP contribution in [0.2, 0.25) is 0 Å². The van der Waals surface area contributed by atoms with Crippen molar-refractivity contribution in [3.05, 3.63) is 42.0 Å². The lowest BCUT2D eigenvalue weighted by atomic mass is 10.1. The Morgan fingerprint density at radius 2 is 1.93 bits per heavy atom. The number of aliphatic hydroxyl groups is 1. The first-order valence-corrected chi connectivity index (χ1v) is 4.82. The molecule has 0 aromatic heterocycles. The molecule has 1 rings (SSSR count). The van der Waals surface area contributed by atoms with Crippen molar-refractivity contribution >= 4 is 6.08 Å². The molecule has 0 amide bonds. The summed E-state index contributed by atoms with van der Waals surface area (Å²) in [4.78, 5) is 0. The van der Waals surface area contributed by atoms with E-state index in [4.69, 9.17) is 0 Å². The summed E-state index contributed by atoms with van der Waals surface area (Å²) in [5.74, 6) is 0. The van der Waals surface area contributed by atoms with Crippen molar-refractivity contribution in [2.45, 2.75) is 19.1 Å². The van der Waals surface area contributed by atoms with Gasteiger partial charge in [0.15, 0.2) is 0 Å². The van der Waals surface area contributed by atoms with Gasteiger partial charge in [-0.25, -0.2) is 0 Å². The minimum Gasteiger partial charge on any atom is -0.387 e. The van der Waals surface area contributed by atoms with Crippen molar-refractivity contribution in [2.75, 3.05) is 7.05 Å². The van der Waals surface area contributed by atoms with Gasteiger partial charge in [-0.2, -0.15) is 0 Å². The van der Waals surface area contributed by atoms with Gasteiger partial charge >= 0.3 is 0 Å². The van der Waals surface area contributed by atoms with E-state index in [9.17, 15) is 5.11 Å². The van der Waals surface area contributed by atoms with E-state index in [1.165, 1.54) is 0 Å². The monoisotopic (exact) mass is 191 g/mol. The molecule has 0 fully saturated rings. The molecule has 0 unspecified atom stereocenters. The number of aliphatic hydroxyl groups excluding tert-OH is 1. The summed E-state index contributed by atoms with van der Waals surface area (Å²) in [6.07, 6.45) is 3.29. The van der Waals surface area contributed by atoms with E-state index in [1.54, 1.807) is 6.08 Å². The van der Waals surface area contributed by atoms with Gasteiger partial charge in [0.2, 0.25) is 0 Å². The van der Waals surface area contributed by atoms with Gasteiger partial charge in [-0.15, -0.1) is 0 Å². The first kappa shape index (κ1) is 11.0. The summed E-state index contributed by atoms with van der Waals surface area (Å²) in [7, 11) is 1.84. The molecule has 1 aromatic carbocycles. The topological polar surface area (TPSA) is 32.3 Å². The maximum absolute atomic E-state index is 9.63. The summed E-state index contributed by atoms with van der Waals surface area (Å²) in [5.41, 5.74) is 1.11. The third kappa shape index (κ3) is 3.32. The maximum atomic E-state index is 9.63. The molecule has 0 aliphatic rings. The van der Waals surface area contributed by atoms with Gasteiger partial charge in [-0.1, -0.05) is 42.5 Å². The Kier molecular flexibility index (Phi) is 4.36. The van der Waals surface area contributed by atoms with Crippen molar-refractivity contribution < 1.29 is 5.11 Å². The number of likely N-dealkylation sites (N-methyl/N-ethyl adjacent to an activating group) is 1. The van der Waals surface area contributed by atoms with E-state index in [-0.39, 0.29) is 6.04 Å². The molecule has 0 saturated heterocycles. The Labute approximate surface area is 85.3 Å². The standard InChI is InChI=1S/C12H17NO/c1-10(13-2)12(14)9-8-11-6-4-3-5-7-11/h3-10,12-14H,1-2H3/t10-,12+/m0/s1. The van der Waals surface area contributed by atoms with Gasteiger partial charge in [0.1, 0.15) is 0 Å². The smallest absolute Gasteiger partial charge is 0.0874 e. The highest BCUT2D eigenvalue weighted by atomic mass is 16.3. The van der Waals surface area contributed by atoms with Gasteiger partial charge in [-0.3, -0.25) is 0 Å². The highest BCUT2D eigenvalue weighted by Crippen LogP contribution is 2.03. The van der Waals surface area contributed by atoms with Crippen LogP contribution in [-0.2, 0) is 0 Å². The molecular formula is C12H17NO. The molecule has 2 heteroatoms. The van der Waals surface area contributed by atoms with Gasteiger partial charge in [0.25, 0.3) is 0 Å². The van der Waals surface area contributed by atoms with E-state index in [1.807, 2.05) is 50.4 Å². The van der Waals surface area contributed by atoms with Gasteiger partial charge in [0, 0.05) is 6.04 Å². The SMILES string of the molecule is CN[C@@H](C)[C@H](O)C=Cc1ccccc1. The molecule has 0 radical (unpaired) electrons. The van der Waals surface area contributed by atoms with Crippen molar-refractivity contribution in [3.8, 4) is 0 Å². The van der Waals surface area contributed by atoms with Gasteiger partial charge in [0.05, 0.1) is 6.10 Å². The quantitative estimate of drug-likeness (QED) is 0.758. The molecule has 0 bridgehead atoms. The number of nitrogens with one attached hydrogen (secondary N) is 1. The van der Waals surface area contributed by atoms with Crippen molar-refractivity contribution in [3.63, 3.8) is 0 Å². The fourth-order valence-corrected chi connectivity index (χ4v) is 1.11. The van der Waals surface area contributed by atoms with E-state index < -0.39 is 6.10 Å². The predicted molar refractivity (Wildman–Crippen MR) is 60.0 cm³/mol. The largest absolute Gasteiger partial charge is 0.387 e. The van der Waals surface area contributed by atoms with Gasteiger partial charge in [-0.05, 0) is 19.5 Å². The number of benzene rings is 1. The van der Waals surface area contributed by atoms with Gasteiger partial charge < -0.3 is 10.4 Å². The zero-order valence-electron chi connectivity index (χ0n) is 8.64. The predicted octanol–water partition coefficient (Wildman–Crippen LogP) is 1.67. The van der Waals surface area contributed by atoms with Crippen molar-refractivity contribution in [1.29, 1.82) is 0 Å². The third-order valence-electron chi connectivity index (χ3n) is 2.25. The molecule has 0 aliphatic heterocycles. The average Bonchev–Trinajstić information content (AvgIpc) is 2.26. The lowest BCUT2D eigenvalue weighted by Gasteiger charge is -2.13. The lowest BCUT2D eigenvalue weighted by molar-refractivity contribution is 0.185. The lowest BCUT2D eigenvalue weighted by Crippen LogP contribution is -2.33. The average molecular weight is 191 g/mol. The fourth-order valence-electron chi connectivity index (χ4n) is 1.11. The Morgan fingerprint density at radius 3 is 2.50 bits per heavy atom. The van der Waals surface area contributed by atoms with Crippen LogP contribution in [0.1, 0.15) is 12.5 Å². The number of hydrogen-bond donors (Lipinski definition) is 2. The summed E-state index contributed by atoms with van der Waals surface area (Å²) >= 11 is 0. The first-order valence-electron chi connectivity index (χ1n) is 4.82. The molecule has 14 heavy (non-hydrogen) atoms. The van der Waals surface area contributed by atoms with Crippen LogP contribution in [0, 0.1) is 0 Å².